The highest BCUT2D eigenvalue weighted by Crippen LogP contribution is 2.42. The minimum atomic E-state index is -4.92. The van der Waals surface area contributed by atoms with Crippen molar-refractivity contribution in [2.45, 2.75) is 50.3 Å². The molecule has 0 saturated carbocycles. The molecule has 0 aliphatic heterocycles. The van der Waals surface area contributed by atoms with Gasteiger partial charge in [-0.1, -0.05) is 24.3 Å². The smallest absolute Gasteiger partial charge is 0.422 e. The van der Waals surface area contributed by atoms with Crippen LogP contribution in [-0.4, -0.2) is 53.0 Å². The van der Waals surface area contributed by atoms with Crippen molar-refractivity contribution in [1.29, 1.82) is 0 Å². The first kappa shape index (κ1) is 32.2. The number of fused-ring (bicyclic) bond motifs is 1. The first-order valence-corrected chi connectivity index (χ1v) is 14.6. The van der Waals surface area contributed by atoms with Crippen molar-refractivity contribution in [3.05, 3.63) is 76.9 Å². The van der Waals surface area contributed by atoms with E-state index in [2.05, 4.69) is 14.7 Å². The maximum absolute atomic E-state index is 13.5. The number of pyridine rings is 2. The molecule has 43 heavy (non-hydrogen) atoms. The zero-order valence-electron chi connectivity index (χ0n) is 23.2. The molecule has 0 bridgehead atoms. The molecule has 0 saturated heterocycles. The van der Waals surface area contributed by atoms with Crippen LogP contribution in [0.5, 0.6) is 0 Å². The Kier molecular flexibility index (Phi) is 8.77. The van der Waals surface area contributed by atoms with Gasteiger partial charge in [-0.2, -0.15) is 18.1 Å². The van der Waals surface area contributed by atoms with Gasteiger partial charge < -0.3 is 19.9 Å². The normalized spacial score (nSPS) is 15.1. The third kappa shape index (κ3) is 6.60. The Morgan fingerprint density at radius 3 is 2.28 bits per heavy atom. The summed E-state index contributed by atoms with van der Waals surface area (Å²) in [6, 6.07) is 12.4. The molecule has 1 aromatic carbocycles. The Balaban J connectivity index is 1.86. The largest absolute Gasteiger partial charge is 0.598 e. The molecule has 3 atom stereocenters. The highest BCUT2D eigenvalue weighted by molar-refractivity contribution is 7.90. The summed E-state index contributed by atoms with van der Waals surface area (Å²) in [6.45, 7) is 5.89. The molecule has 10 nitrogen and oxygen atoms in total. The number of rotatable bonds is 7. The van der Waals surface area contributed by atoms with E-state index in [0.717, 1.165) is 6.07 Å². The molecular weight excluding hydrogens is 609 g/mol. The maximum atomic E-state index is 13.5. The monoisotopic (exact) mass is 636 g/mol. The highest BCUT2D eigenvalue weighted by atomic mass is 32.2. The number of nitrogens with zero attached hydrogens (tertiary/aromatic N) is 3. The molecule has 0 spiro atoms. The number of aromatic nitrogens is 2. The summed E-state index contributed by atoms with van der Waals surface area (Å²) < 4.78 is 56.7. The first-order chi connectivity index (χ1) is 19.9. The van der Waals surface area contributed by atoms with Crippen LogP contribution in [0.1, 0.15) is 49.9 Å². The zero-order valence-corrected chi connectivity index (χ0v) is 24.8. The van der Waals surface area contributed by atoms with E-state index in [4.69, 9.17) is 0 Å². The maximum Gasteiger partial charge on any atom is 0.422 e. The lowest BCUT2D eigenvalue weighted by molar-refractivity contribution is -0.258. The van der Waals surface area contributed by atoms with Gasteiger partial charge in [0, 0.05) is 32.7 Å². The number of carbonyl (C=O) groups is 2. The number of hydrogen-bond donors (Lipinski definition) is 4. The molecule has 15 heteroatoms. The molecule has 3 aromatic heterocycles. The average Bonchev–Trinajstić information content (AvgIpc) is 3.34. The molecule has 4 N–H and O–H groups in total. The number of halogens is 3. The van der Waals surface area contributed by atoms with Gasteiger partial charge in [0.15, 0.2) is 5.60 Å². The van der Waals surface area contributed by atoms with Gasteiger partial charge in [-0.3, -0.25) is 4.98 Å². The van der Waals surface area contributed by atoms with E-state index in [0.29, 0.717) is 27.5 Å². The Morgan fingerprint density at radius 2 is 1.67 bits per heavy atom. The molecule has 4 aromatic rings. The van der Waals surface area contributed by atoms with E-state index < -0.39 is 46.1 Å². The van der Waals surface area contributed by atoms with Crippen LogP contribution in [0.2, 0.25) is 0 Å². The number of nitrogens with one attached hydrogen (secondary N) is 1. The number of thiophene rings is 1. The number of anilines is 1. The number of carboxylic acid groups (broad SMARTS) is 2. The summed E-state index contributed by atoms with van der Waals surface area (Å²) >= 11 is -0.452. The van der Waals surface area contributed by atoms with E-state index in [1.807, 2.05) is 0 Å². The second-order valence-electron chi connectivity index (χ2n) is 10.6. The van der Waals surface area contributed by atoms with Crippen molar-refractivity contribution in [1.82, 2.24) is 14.7 Å². The fourth-order valence-electron chi connectivity index (χ4n) is 4.02. The number of imide groups is 1. The number of amides is 2. The fourth-order valence-corrected chi connectivity index (χ4v) is 6.16. The Morgan fingerprint density at radius 1 is 1.02 bits per heavy atom. The number of hydrogen-bond acceptors (Lipinski definition) is 8. The van der Waals surface area contributed by atoms with Gasteiger partial charge in [0.1, 0.15) is 16.6 Å². The van der Waals surface area contributed by atoms with Crippen LogP contribution in [0.25, 0.3) is 21.3 Å². The fraction of sp³-hybridized carbons (Fsp3) is 0.286. The van der Waals surface area contributed by atoms with Crippen LogP contribution in [0.3, 0.4) is 0 Å². The van der Waals surface area contributed by atoms with Crippen LogP contribution >= 0.6 is 11.3 Å². The molecule has 0 aliphatic rings. The van der Waals surface area contributed by atoms with E-state index in [1.54, 1.807) is 45.0 Å². The summed E-state index contributed by atoms with van der Waals surface area (Å²) in [5, 5.41) is 29.7. The highest BCUT2D eigenvalue weighted by Gasteiger charge is 2.51. The van der Waals surface area contributed by atoms with Crippen LogP contribution in [0.4, 0.5) is 28.6 Å². The van der Waals surface area contributed by atoms with E-state index in [-0.39, 0.29) is 27.7 Å². The zero-order chi connectivity index (χ0) is 31.9. The van der Waals surface area contributed by atoms with Crippen molar-refractivity contribution in [2.75, 3.05) is 4.90 Å². The Labute approximate surface area is 251 Å². The molecule has 0 radical (unpaired) electrons. The van der Waals surface area contributed by atoms with Crippen molar-refractivity contribution >= 4 is 50.8 Å². The van der Waals surface area contributed by atoms with Crippen LogP contribution in [0.15, 0.2) is 60.8 Å². The standard InChI is InChI=1S/C28H27F3N4O6S2/c1-26(2,3)43(41)34-22(18-9-6-10-21(33-18)35(24(36)37)25(38)39)20-13-15-7-5-8-17(23(15)42-20)19-14-16(11-12-32-19)27(4,40)28(29,30)31/h5-14,22,34,40H,1-4H3,(H,36,37)(H,38,39)/t22?,27-,43+/m0/s1. The molecule has 2 amide bonds. The third-order valence-electron chi connectivity index (χ3n) is 6.44. The first-order valence-electron chi connectivity index (χ1n) is 12.6. The van der Waals surface area contributed by atoms with Gasteiger partial charge in [0.25, 0.3) is 0 Å². The molecule has 1 unspecified atom stereocenters. The topological polar surface area (TPSA) is 159 Å². The van der Waals surface area contributed by atoms with Crippen LogP contribution in [0, 0.1) is 0 Å². The van der Waals surface area contributed by atoms with Gasteiger partial charge in [-0.05, 0) is 69.0 Å². The second kappa shape index (κ2) is 11.7. The number of alkyl halides is 3. The lowest BCUT2D eigenvalue weighted by atomic mass is 9.94. The van der Waals surface area contributed by atoms with Crippen LogP contribution in [-0.2, 0) is 17.0 Å². The number of aliphatic hydroxyl groups is 1. The van der Waals surface area contributed by atoms with Crippen molar-refractivity contribution < 1.29 is 42.6 Å². The van der Waals surface area contributed by atoms with E-state index in [9.17, 15) is 42.6 Å². The Bertz CT molecular complexity index is 1660. The average molecular weight is 637 g/mol. The summed E-state index contributed by atoms with van der Waals surface area (Å²) in [6.07, 6.45) is -7.26. The van der Waals surface area contributed by atoms with Crippen molar-refractivity contribution in [3.8, 4) is 11.3 Å². The summed E-state index contributed by atoms with van der Waals surface area (Å²) in [5.41, 5.74) is -2.66. The SMILES string of the molecule is CC(C)(C)[S@@+]([O-])NC(c1cccc(N(C(=O)O)C(=O)O)n1)c1cc2cccc(-c3cc([C@](C)(O)C(F)(F)F)ccn3)c2s1. The van der Waals surface area contributed by atoms with Crippen LogP contribution < -0.4 is 9.62 Å². The molecule has 3 heterocycles. The van der Waals surface area contributed by atoms with Crippen molar-refractivity contribution in [3.63, 3.8) is 0 Å². The summed E-state index contributed by atoms with van der Waals surface area (Å²) in [5.74, 6) is -0.384. The van der Waals surface area contributed by atoms with E-state index in [1.165, 1.54) is 41.8 Å². The third-order valence-corrected chi connectivity index (χ3v) is 9.25. The minimum absolute atomic E-state index is 0.0544. The molecule has 228 valence electrons. The molecule has 4 rings (SSSR count). The van der Waals surface area contributed by atoms with Gasteiger partial charge in [-0.15, -0.1) is 16.1 Å². The van der Waals surface area contributed by atoms with Gasteiger partial charge >= 0.3 is 18.4 Å². The minimum Gasteiger partial charge on any atom is -0.598 e. The molecule has 0 aliphatic carbocycles. The Hall–Kier alpha value is -3.76. The summed E-state index contributed by atoms with van der Waals surface area (Å²) in [4.78, 5) is 32.3. The predicted octanol–water partition coefficient (Wildman–Crippen LogP) is 6.43. The second-order valence-corrected chi connectivity index (χ2v) is 13.7. The van der Waals surface area contributed by atoms with Crippen molar-refractivity contribution in [2.24, 2.45) is 0 Å². The quantitative estimate of drug-likeness (QED) is 0.168. The van der Waals surface area contributed by atoms with Gasteiger partial charge in [-0.25, -0.2) is 14.6 Å². The van der Waals surface area contributed by atoms with Gasteiger partial charge in [0.2, 0.25) is 0 Å². The number of benzene rings is 1. The molecular formula is C28H27F3N4O6S2. The predicted molar refractivity (Wildman–Crippen MR) is 156 cm³/mol. The lowest BCUT2D eigenvalue weighted by Gasteiger charge is -2.27. The molecule has 0 fully saturated rings. The van der Waals surface area contributed by atoms with Gasteiger partial charge in [0.05, 0.1) is 11.4 Å². The van der Waals surface area contributed by atoms with E-state index >= 15 is 0 Å². The lowest BCUT2D eigenvalue weighted by Crippen LogP contribution is -2.41. The summed E-state index contributed by atoms with van der Waals surface area (Å²) in [7, 11) is 0.